The fraction of sp³-hybridized carbons (Fsp3) is 0.875. The maximum absolute atomic E-state index is 12.5. The summed E-state index contributed by atoms with van der Waals surface area (Å²) >= 11 is 0. The molecular formula is C16H27NO4. The zero-order chi connectivity index (χ0) is 15.2. The van der Waals surface area contributed by atoms with Crippen LogP contribution in [0.2, 0.25) is 0 Å². The summed E-state index contributed by atoms with van der Waals surface area (Å²) in [6.45, 7) is 2.30. The third-order valence-electron chi connectivity index (χ3n) is 4.62. The largest absolute Gasteiger partial charge is 0.480 e. The van der Waals surface area contributed by atoms with Gasteiger partial charge in [0.1, 0.15) is 12.1 Å². The monoisotopic (exact) mass is 297 g/mol. The van der Waals surface area contributed by atoms with Crippen molar-refractivity contribution in [3.05, 3.63) is 0 Å². The van der Waals surface area contributed by atoms with Gasteiger partial charge in [-0.25, -0.2) is 4.79 Å². The van der Waals surface area contributed by atoms with Gasteiger partial charge in [-0.05, 0) is 39.0 Å². The Balaban J connectivity index is 1.92. The molecule has 5 nitrogen and oxygen atoms in total. The summed E-state index contributed by atoms with van der Waals surface area (Å²) in [6, 6.07) is -0.675. The summed E-state index contributed by atoms with van der Waals surface area (Å²) in [7, 11) is 0. The minimum absolute atomic E-state index is 0.152. The Morgan fingerprint density at radius 1 is 1.05 bits per heavy atom. The van der Waals surface area contributed by atoms with Gasteiger partial charge in [0.15, 0.2) is 0 Å². The van der Waals surface area contributed by atoms with Gasteiger partial charge in [-0.2, -0.15) is 0 Å². The average molecular weight is 297 g/mol. The van der Waals surface area contributed by atoms with Crippen LogP contribution in [0.4, 0.5) is 0 Å². The predicted octanol–water partition coefficient (Wildman–Crippen LogP) is 2.58. The summed E-state index contributed by atoms with van der Waals surface area (Å²) in [5, 5.41) is 9.26. The molecule has 0 spiro atoms. The van der Waals surface area contributed by atoms with Crippen molar-refractivity contribution in [2.45, 2.75) is 83.0 Å². The number of hydrogen-bond donors (Lipinski definition) is 1. The zero-order valence-corrected chi connectivity index (χ0v) is 12.9. The summed E-state index contributed by atoms with van der Waals surface area (Å²) in [6.07, 6.45) is 8.76. The molecule has 2 atom stereocenters. The van der Waals surface area contributed by atoms with Gasteiger partial charge in [0.25, 0.3) is 5.91 Å². The van der Waals surface area contributed by atoms with E-state index in [1.54, 1.807) is 6.92 Å². The van der Waals surface area contributed by atoms with Crippen LogP contribution in [0.5, 0.6) is 0 Å². The van der Waals surface area contributed by atoms with Crippen molar-refractivity contribution in [2.75, 3.05) is 6.54 Å². The minimum Gasteiger partial charge on any atom is -0.480 e. The van der Waals surface area contributed by atoms with Crippen LogP contribution >= 0.6 is 0 Å². The molecule has 1 saturated carbocycles. The molecule has 0 bridgehead atoms. The molecule has 0 unspecified atom stereocenters. The molecule has 0 aromatic rings. The van der Waals surface area contributed by atoms with E-state index in [4.69, 9.17) is 4.74 Å². The van der Waals surface area contributed by atoms with Gasteiger partial charge in [-0.15, -0.1) is 0 Å². The zero-order valence-electron chi connectivity index (χ0n) is 12.9. The van der Waals surface area contributed by atoms with E-state index in [9.17, 15) is 14.7 Å². The molecule has 1 aliphatic heterocycles. The number of carboxylic acid groups (broad SMARTS) is 1. The van der Waals surface area contributed by atoms with E-state index in [0.717, 1.165) is 38.5 Å². The van der Waals surface area contributed by atoms with Crippen LogP contribution < -0.4 is 0 Å². The van der Waals surface area contributed by atoms with E-state index in [1.165, 1.54) is 17.7 Å². The molecule has 1 N–H and O–H groups in total. The van der Waals surface area contributed by atoms with Crippen LogP contribution in [0, 0.1) is 0 Å². The maximum atomic E-state index is 12.5. The standard InChI is InChI=1S/C16H27NO4/c1-12(21-13-8-4-2-3-5-9-13)15(18)17-11-7-6-10-14(17)16(19)20/h12-14H,2-11H2,1H3,(H,19,20)/t12-,14+/m1/s1. The lowest BCUT2D eigenvalue weighted by Crippen LogP contribution is -2.51. The first kappa shape index (κ1) is 16.3. The van der Waals surface area contributed by atoms with E-state index < -0.39 is 18.1 Å². The smallest absolute Gasteiger partial charge is 0.326 e. The molecule has 2 fully saturated rings. The van der Waals surface area contributed by atoms with Crippen molar-refractivity contribution in [3.63, 3.8) is 0 Å². The maximum Gasteiger partial charge on any atom is 0.326 e. The van der Waals surface area contributed by atoms with E-state index in [1.807, 2.05) is 0 Å². The molecule has 120 valence electrons. The molecule has 0 aromatic carbocycles. The first-order valence-electron chi connectivity index (χ1n) is 8.28. The van der Waals surface area contributed by atoms with Crippen LogP contribution in [0.3, 0.4) is 0 Å². The number of rotatable bonds is 4. The highest BCUT2D eigenvalue weighted by Crippen LogP contribution is 2.23. The molecule has 2 aliphatic rings. The number of aliphatic carboxylic acids is 1. The SMILES string of the molecule is C[C@@H](OC1CCCCCC1)C(=O)N1CCCC[C@H]1C(=O)O. The number of likely N-dealkylation sites (tertiary alicyclic amines) is 1. The fourth-order valence-corrected chi connectivity index (χ4v) is 3.41. The quantitative estimate of drug-likeness (QED) is 0.810. The summed E-state index contributed by atoms with van der Waals surface area (Å²) in [4.78, 5) is 25.3. The van der Waals surface area contributed by atoms with Crippen LogP contribution in [-0.2, 0) is 14.3 Å². The Morgan fingerprint density at radius 3 is 2.29 bits per heavy atom. The second-order valence-corrected chi connectivity index (χ2v) is 6.27. The first-order valence-corrected chi connectivity index (χ1v) is 8.28. The average Bonchev–Trinajstić information content (AvgIpc) is 2.75. The van der Waals surface area contributed by atoms with Crippen LogP contribution in [0.15, 0.2) is 0 Å². The number of piperidine rings is 1. The van der Waals surface area contributed by atoms with Gasteiger partial charge in [-0.3, -0.25) is 4.79 Å². The third kappa shape index (κ3) is 4.43. The topological polar surface area (TPSA) is 66.8 Å². The Hall–Kier alpha value is -1.10. The van der Waals surface area contributed by atoms with Gasteiger partial charge in [0, 0.05) is 6.54 Å². The molecular weight excluding hydrogens is 270 g/mol. The highest BCUT2D eigenvalue weighted by Gasteiger charge is 2.35. The summed E-state index contributed by atoms with van der Waals surface area (Å²) in [5.41, 5.74) is 0. The number of amides is 1. The molecule has 21 heavy (non-hydrogen) atoms. The first-order chi connectivity index (χ1) is 10.1. The minimum atomic E-state index is -0.898. The van der Waals surface area contributed by atoms with E-state index in [2.05, 4.69) is 0 Å². The number of carbonyl (C=O) groups excluding carboxylic acids is 1. The van der Waals surface area contributed by atoms with Crippen molar-refractivity contribution in [2.24, 2.45) is 0 Å². The van der Waals surface area contributed by atoms with Crippen molar-refractivity contribution >= 4 is 11.9 Å². The number of nitrogens with zero attached hydrogens (tertiary/aromatic N) is 1. The molecule has 2 rings (SSSR count). The van der Waals surface area contributed by atoms with Crippen LogP contribution in [0.25, 0.3) is 0 Å². The molecule has 0 radical (unpaired) electrons. The van der Waals surface area contributed by atoms with Crippen molar-refractivity contribution in [1.29, 1.82) is 0 Å². The van der Waals surface area contributed by atoms with Gasteiger partial charge in [-0.1, -0.05) is 25.7 Å². The second kappa shape index (κ2) is 7.78. The van der Waals surface area contributed by atoms with Gasteiger partial charge in [0.05, 0.1) is 6.10 Å². The normalized spacial score (nSPS) is 26.1. The number of carboxylic acids is 1. The number of ether oxygens (including phenoxy) is 1. The molecule has 1 heterocycles. The predicted molar refractivity (Wildman–Crippen MR) is 79.0 cm³/mol. The second-order valence-electron chi connectivity index (χ2n) is 6.27. The molecule has 1 aliphatic carbocycles. The van der Waals surface area contributed by atoms with Gasteiger partial charge in [0.2, 0.25) is 0 Å². The fourth-order valence-electron chi connectivity index (χ4n) is 3.41. The van der Waals surface area contributed by atoms with Crippen LogP contribution in [0.1, 0.15) is 64.7 Å². The Labute approximate surface area is 126 Å². The Bertz CT molecular complexity index is 363. The lowest BCUT2D eigenvalue weighted by molar-refractivity contribution is -0.159. The highest BCUT2D eigenvalue weighted by molar-refractivity contribution is 5.86. The molecule has 1 amide bonds. The Kier molecular flexibility index (Phi) is 6.03. The third-order valence-corrected chi connectivity index (χ3v) is 4.62. The van der Waals surface area contributed by atoms with Gasteiger partial charge >= 0.3 is 5.97 Å². The number of carbonyl (C=O) groups is 2. The van der Waals surface area contributed by atoms with Crippen LogP contribution in [-0.4, -0.2) is 46.7 Å². The Morgan fingerprint density at radius 2 is 1.67 bits per heavy atom. The van der Waals surface area contributed by atoms with E-state index in [0.29, 0.717) is 13.0 Å². The number of hydrogen-bond acceptors (Lipinski definition) is 3. The summed E-state index contributed by atoms with van der Waals surface area (Å²) < 4.78 is 5.93. The summed E-state index contributed by atoms with van der Waals surface area (Å²) in [5.74, 6) is -1.06. The molecule has 5 heteroatoms. The van der Waals surface area contributed by atoms with E-state index in [-0.39, 0.29) is 12.0 Å². The van der Waals surface area contributed by atoms with Crippen molar-refractivity contribution in [3.8, 4) is 0 Å². The lowest BCUT2D eigenvalue weighted by atomic mass is 10.0. The van der Waals surface area contributed by atoms with Crippen molar-refractivity contribution in [1.82, 2.24) is 4.90 Å². The molecule has 1 saturated heterocycles. The van der Waals surface area contributed by atoms with E-state index >= 15 is 0 Å². The lowest BCUT2D eigenvalue weighted by Gasteiger charge is -2.35. The van der Waals surface area contributed by atoms with Crippen molar-refractivity contribution < 1.29 is 19.4 Å². The highest BCUT2D eigenvalue weighted by atomic mass is 16.5. The van der Waals surface area contributed by atoms with Gasteiger partial charge < -0.3 is 14.7 Å². The molecule has 0 aromatic heterocycles.